The molecule has 10 heteroatoms. The fraction of sp³-hybridized carbons (Fsp3) is 0.300. The fourth-order valence-electron chi connectivity index (χ4n) is 2.68. The van der Waals surface area contributed by atoms with E-state index in [2.05, 4.69) is 30.5 Å². The molecule has 0 fully saturated rings. The average molecular weight is 407 g/mol. The van der Waals surface area contributed by atoms with Gasteiger partial charge < -0.3 is 14.3 Å². The lowest BCUT2D eigenvalue weighted by Gasteiger charge is -2.13. The Morgan fingerprint density at radius 2 is 2.00 bits per heavy atom. The Balaban J connectivity index is 1.47. The first-order valence-corrected chi connectivity index (χ1v) is 9.44. The van der Waals surface area contributed by atoms with Crippen LogP contribution in [-0.2, 0) is 16.6 Å². The number of rotatable bonds is 6. The molecule has 1 amide bonds. The Bertz CT molecular complexity index is 1130. The van der Waals surface area contributed by atoms with Crippen molar-refractivity contribution in [1.29, 1.82) is 0 Å². The van der Waals surface area contributed by atoms with E-state index in [-0.39, 0.29) is 17.7 Å². The molecular formula is C20H21N7O3. The van der Waals surface area contributed by atoms with Crippen LogP contribution in [0.2, 0.25) is 0 Å². The maximum Gasteiger partial charge on any atom is 0.252 e. The summed E-state index contributed by atoms with van der Waals surface area (Å²) in [7, 11) is 0. The predicted molar refractivity (Wildman–Crippen MR) is 107 cm³/mol. The number of aromatic nitrogens is 6. The van der Waals surface area contributed by atoms with Crippen LogP contribution in [0.5, 0.6) is 0 Å². The van der Waals surface area contributed by atoms with Crippen molar-refractivity contribution in [2.45, 2.75) is 39.0 Å². The van der Waals surface area contributed by atoms with Gasteiger partial charge >= 0.3 is 0 Å². The van der Waals surface area contributed by atoms with E-state index in [1.54, 1.807) is 30.6 Å². The Labute approximate surface area is 172 Å². The topological polar surface area (TPSA) is 125 Å². The summed E-state index contributed by atoms with van der Waals surface area (Å²) in [5.41, 5.74) is 0.608. The van der Waals surface area contributed by atoms with Gasteiger partial charge in [0.25, 0.3) is 5.95 Å². The number of amides is 1. The van der Waals surface area contributed by atoms with Gasteiger partial charge in [0, 0.05) is 36.7 Å². The summed E-state index contributed by atoms with van der Waals surface area (Å²) in [6.45, 7) is 6.13. The molecule has 0 aliphatic carbocycles. The third-order valence-corrected chi connectivity index (χ3v) is 4.26. The minimum absolute atomic E-state index is 0.158. The third kappa shape index (κ3) is 4.27. The number of hydrogen-bond donors (Lipinski definition) is 1. The van der Waals surface area contributed by atoms with E-state index in [9.17, 15) is 4.79 Å². The van der Waals surface area contributed by atoms with Gasteiger partial charge in [-0.15, -0.1) is 0 Å². The first-order valence-electron chi connectivity index (χ1n) is 9.44. The van der Waals surface area contributed by atoms with Gasteiger partial charge in [0.15, 0.2) is 5.76 Å². The van der Waals surface area contributed by atoms with Crippen molar-refractivity contribution in [3.63, 3.8) is 0 Å². The molecule has 154 valence electrons. The standard InChI is InChI=1S/C20H21N7O3/c1-20(2,3)14-12-15(27(25-14)19-21-9-5-10-22-19)23-16(28)7-8-17-24-18(26-30-17)13-6-4-11-29-13/h4-6,9-12H,7-8H2,1-3H3,(H,23,28). The van der Waals surface area contributed by atoms with E-state index in [4.69, 9.17) is 8.94 Å². The highest BCUT2D eigenvalue weighted by Gasteiger charge is 2.22. The first kappa shape index (κ1) is 19.5. The second-order valence-corrected chi connectivity index (χ2v) is 7.66. The van der Waals surface area contributed by atoms with Crippen LogP contribution in [0.15, 0.2) is 51.9 Å². The summed E-state index contributed by atoms with van der Waals surface area (Å²) in [5.74, 6) is 1.87. The molecule has 4 aromatic rings. The minimum Gasteiger partial charge on any atom is -0.461 e. The van der Waals surface area contributed by atoms with E-state index >= 15 is 0 Å². The number of carbonyl (C=O) groups is 1. The van der Waals surface area contributed by atoms with Crippen molar-refractivity contribution in [3.05, 3.63) is 54.5 Å². The van der Waals surface area contributed by atoms with E-state index in [1.165, 1.54) is 10.9 Å². The number of nitrogens with one attached hydrogen (secondary N) is 1. The quantitative estimate of drug-likeness (QED) is 0.517. The smallest absolute Gasteiger partial charge is 0.252 e. The van der Waals surface area contributed by atoms with Crippen molar-refractivity contribution in [2.75, 3.05) is 5.32 Å². The molecule has 10 nitrogen and oxygen atoms in total. The summed E-state index contributed by atoms with van der Waals surface area (Å²) in [5, 5.41) is 11.3. The molecule has 4 aromatic heterocycles. The molecule has 0 bridgehead atoms. The number of nitrogens with zero attached hydrogens (tertiary/aromatic N) is 6. The molecule has 0 aliphatic rings. The average Bonchev–Trinajstić information content (AvgIpc) is 3.46. The monoisotopic (exact) mass is 407 g/mol. The summed E-state index contributed by atoms with van der Waals surface area (Å²) in [6, 6.07) is 7.03. The molecule has 4 rings (SSSR count). The van der Waals surface area contributed by atoms with Crippen molar-refractivity contribution in [1.82, 2.24) is 29.9 Å². The zero-order valence-electron chi connectivity index (χ0n) is 16.9. The van der Waals surface area contributed by atoms with Crippen LogP contribution in [-0.4, -0.2) is 35.8 Å². The summed E-state index contributed by atoms with van der Waals surface area (Å²) >= 11 is 0. The highest BCUT2D eigenvalue weighted by molar-refractivity contribution is 5.90. The Morgan fingerprint density at radius 3 is 2.70 bits per heavy atom. The van der Waals surface area contributed by atoms with Gasteiger partial charge in [0.2, 0.25) is 17.6 Å². The minimum atomic E-state index is -0.217. The summed E-state index contributed by atoms with van der Waals surface area (Å²) in [6.07, 6.45) is 5.23. The van der Waals surface area contributed by atoms with Crippen molar-refractivity contribution >= 4 is 11.7 Å². The maximum atomic E-state index is 12.6. The van der Waals surface area contributed by atoms with Crippen molar-refractivity contribution in [3.8, 4) is 17.5 Å². The number of aryl methyl sites for hydroxylation is 1. The second-order valence-electron chi connectivity index (χ2n) is 7.66. The molecular weight excluding hydrogens is 386 g/mol. The lowest BCUT2D eigenvalue weighted by Crippen LogP contribution is -2.16. The van der Waals surface area contributed by atoms with Crippen LogP contribution >= 0.6 is 0 Å². The van der Waals surface area contributed by atoms with Crippen LogP contribution in [0.1, 0.15) is 38.8 Å². The van der Waals surface area contributed by atoms with Crippen LogP contribution in [0.25, 0.3) is 17.5 Å². The molecule has 4 heterocycles. The van der Waals surface area contributed by atoms with E-state index < -0.39 is 0 Å². The van der Waals surface area contributed by atoms with Crippen molar-refractivity contribution < 1.29 is 13.7 Å². The number of anilines is 1. The van der Waals surface area contributed by atoms with Gasteiger partial charge in [-0.05, 0) is 18.2 Å². The number of hydrogen-bond acceptors (Lipinski definition) is 8. The predicted octanol–water partition coefficient (Wildman–Crippen LogP) is 3.17. The Morgan fingerprint density at radius 1 is 1.20 bits per heavy atom. The van der Waals surface area contributed by atoms with Gasteiger partial charge in [-0.25, -0.2) is 9.97 Å². The van der Waals surface area contributed by atoms with Crippen molar-refractivity contribution in [2.24, 2.45) is 0 Å². The normalized spacial score (nSPS) is 11.6. The zero-order chi connectivity index (χ0) is 21.1. The lowest BCUT2D eigenvalue weighted by atomic mass is 9.92. The number of carbonyl (C=O) groups excluding carboxylic acids is 1. The highest BCUT2D eigenvalue weighted by atomic mass is 16.5. The SMILES string of the molecule is CC(C)(C)c1cc(NC(=O)CCc2nc(-c3ccco3)no2)n(-c2ncccn2)n1. The third-order valence-electron chi connectivity index (χ3n) is 4.26. The Kier molecular flexibility index (Phi) is 5.13. The molecule has 0 aliphatic heterocycles. The highest BCUT2D eigenvalue weighted by Crippen LogP contribution is 2.25. The zero-order valence-corrected chi connectivity index (χ0v) is 16.9. The van der Waals surface area contributed by atoms with E-state index in [0.29, 0.717) is 35.7 Å². The molecule has 0 saturated carbocycles. The summed E-state index contributed by atoms with van der Waals surface area (Å²) < 4.78 is 12.0. The van der Waals surface area contributed by atoms with Crippen LogP contribution < -0.4 is 5.32 Å². The fourth-order valence-corrected chi connectivity index (χ4v) is 2.68. The molecule has 0 spiro atoms. The molecule has 0 unspecified atom stereocenters. The molecule has 1 N–H and O–H groups in total. The van der Waals surface area contributed by atoms with Gasteiger partial charge in [-0.2, -0.15) is 14.8 Å². The van der Waals surface area contributed by atoms with E-state index in [1.807, 2.05) is 26.8 Å². The lowest BCUT2D eigenvalue weighted by molar-refractivity contribution is -0.116. The largest absolute Gasteiger partial charge is 0.461 e. The molecule has 0 radical (unpaired) electrons. The molecule has 0 aromatic carbocycles. The first-order chi connectivity index (χ1) is 14.4. The van der Waals surface area contributed by atoms with Crippen LogP contribution in [0.3, 0.4) is 0 Å². The summed E-state index contributed by atoms with van der Waals surface area (Å²) in [4.78, 5) is 25.3. The molecule has 0 atom stereocenters. The second kappa shape index (κ2) is 7.90. The van der Waals surface area contributed by atoms with Gasteiger partial charge in [0.1, 0.15) is 5.82 Å². The van der Waals surface area contributed by atoms with Gasteiger partial charge in [-0.1, -0.05) is 25.9 Å². The van der Waals surface area contributed by atoms with Crippen LogP contribution in [0, 0.1) is 0 Å². The van der Waals surface area contributed by atoms with Gasteiger partial charge in [-0.3, -0.25) is 4.79 Å². The number of furan rings is 1. The van der Waals surface area contributed by atoms with Crippen LogP contribution in [0.4, 0.5) is 5.82 Å². The van der Waals surface area contributed by atoms with Gasteiger partial charge in [0.05, 0.1) is 12.0 Å². The molecule has 0 saturated heterocycles. The van der Waals surface area contributed by atoms with E-state index in [0.717, 1.165) is 5.69 Å². The maximum absolute atomic E-state index is 12.6. The molecule has 30 heavy (non-hydrogen) atoms. The Hall–Kier alpha value is -3.82.